The van der Waals surface area contributed by atoms with E-state index < -0.39 is 0 Å². The van der Waals surface area contributed by atoms with Crippen LogP contribution < -0.4 is 5.32 Å². The first-order valence-corrected chi connectivity index (χ1v) is 12.1. The lowest BCUT2D eigenvalue weighted by atomic mass is 9.74. The van der Waals surface area contributed by atoms with Gasteiger partial charge in [-0.2, -0.15) is 0 Å². The zero-order valence-electron chi connectivity index (χ0n) is 17.5. The van der Waals surface area contributed by atoms with Crippen LogP contribution in [0.25, 0.3) is 0 Å². The zero-order chi connectivity index (χ0) is 20.4. The highest BCUT2D eigenvalue weighted by atomic mass is 32.1. The first kappa shape index (κ1) is 20.2. The van der Waals surface area contributed by atoms with Gasteiger partial charge in [0.25, 0.3) is 0 Å². The van der Waals surface area contributed by atoms with E-state index >= 15 is 0 Å². The van der Waals surface area contributed by atoms with Gasteiger partial charge < -0.3 is 10.1 Å². The predicted octanol–water partition coefficient (Wildman–Crippen LogP) is 3.61. The Morgan fingerprint density at radius 1 is 1.17 bits per heavy atom. The Morgan fingerprint density at radius 3 is 2.63 bits per heavy atom. The van der Waals surface area contributed by atoms with E-state index in [2.05, 4.69) is 45.5 Å². The molecule has 0 unspecified atom stereocenters. The van der Waals surface area contributed by atoms with Gasteiger partial charge >= 0.3 is 0 Å². The van der Waals surface area contributed by atoms with Crippen LogP contribution in [0.5, 0.6) is 0 Å². The van der Waals surface area contributed by atoms with Gasteiger partial charge in [-0.1, -0.05) is 30.3 Å². The molecule has 30 heavy (non-hydrogen) atoms. The molecular weight excluding hydrogens is 394 g/mol. The number of carbonyl (C=O) groups is 1. The van der Waals surface area contributed by atoms with Crippen molar-refractivity contribution < 1.29 is 9.53 Å². The summed E-state index contributed by atoms with van der Waals surface area (Å²) in [5, 5.41) is 6.59. The molecule has 1 amide bonds. The number of nitrogens with one attached hydrogen (secondary N) is 1. The average molecular weight is 426 g/mol. The molecule has 3 fully saturated rings. The fourth-order valence-electron chi connectivity index (χ4n) is 5.45. The normalized spacial score (nSPS) is 25.1. The number of benzene rings is 1. The number of thiazole rings is 1. The molecule has 5 rings (SSSR count). The molecule has 1 aromatic carbocycles. The van der Waals surface area contributed by atoms with Crippen LogP contribution in [0.15, 0.2) is 41.9 Å². The number of hydrogen-bond donors (Lipinski definition) is 1. The van der Waals surface area contributed by atoms with Crippen LogP contribution in [0.3, 0.4) is 0 Å². The van der Waals surface area contributed by atoms with Crippen molar-refractivity contribution in [1.82, 2.24) is 15.2 Å². The Hall–Kier alpha value is -1.76. The summed E-state index contributed by atoms with van der Waals surface area (Å²) in [6, 6.07) is 10.7. The Morgan fingerprint density at radius 2 is 1.93 bits per heavy atom. The monoisotopic (exact) mass is 425 g/mol. The maximum Gasteiger partial charge on any atom is 0.223 e. The van der Waals surface area contributed by atoms with E-state index in [4.69, 9.17) is 4.74 Å². The van der Waals surface area contributed by atoms with Crippen molar-refractivity contribution in [3.63, 3.8) is 0 Å². The molecule has 1 spiro atoms. The quantitative estimate of drug-likeness (QED) is 0.768. The Bertz CT molecular complexity index is 841. The molecule has 3 heterocycles. The summed E-state index contributed by atoms with van der Waals surface area (Å²) in [5.41, 5.74) is 1.59. The number of hydrogen-bond acceptors (Lipinski definition) is 5. The first-order valence-electron chi connectivity index (χ1n) is 11.2. The van der Waals surface area contributed by atoms with E-state index in [1.807, 2.05) is 11.6 Å². The lowest BCUT2D eigenvalue weighted by Crippen LogP contribution is -2.45. The summed E-state index contributed by atoms with van der Waals surface area (Å²) >= 11 is 1.73. The lowest BCUT2D eigenvalue weighted by molar-refractivity contribution is -0.124. The summed E-state index contributed by atoms with van der Waals surface area (Å²) in [5.74, 6) is 0.470. The largest absolute Gasteiger partial charge is 0.381 e. The Labute approximate surface area is 182 Å². The third kappa shape index (κ3) is 4.05. The van der Waals surface area contributed by atoms with Crippen LogP contribution in [0.4, 0.5) is 0 Å². The number of piperidine rings is 1. The minimum absolute atomic E-state index is 0.00823. The molecule has 2 aliphatic heterocycles. The molecule has 1 aromatic heterocycles. The van der Waals surface area contributed by atoms with Gasteiger partial charge in [0.1, 0.15) is 5.01 Å². The smallest absolute Gasteiger partial charge is 0.223 e. The maximum absolute atomic E-state index is 13.1. The van der Waals surface area contributed by atoms with Gasteiger partial charge in [-0.3, -0.25) is 9.69 Å². The van der Waals surface area contributed by atoms with Crippen molar-refractivity contribution in [3.05, 3.63) is 52.5 Å². The average Bonchev–Trinajstić information content (AvgIpc) is 3.24. The molecule has 1 aliphatic carbocycles. The number of carbonyl (C=O) groups excluding carboxylic acids is 1. The summed E-state index contributed by atoms with van der Waals surface area (Å²) in [7, 11) is 0. The first-order chi connectivity index (χ1) is 14.7. The predicted molar refractivity (Wildman–Crippen MR) is 118 cm³/mol. The van der Waals surface area contributed by atoms with E-state index in [0.717, 1.165) is 71.5 Å². The minimum Gasteiger partial charge on any atom is -0.381 e. The summed E-state index contributed by atoms with van der Waals surface area (Å²) in [6.45, 7) is 5.37. The molecule has 1 saturated carbocycles. The third-order valence-corrected chi connectivity index (χ3v) is 8.40. The standard InChI is InChI=1S/C24H31N3O2S/c28-22(26-18-24(8-13-29-14-9-24)19-4-2-1-3-5-19)20-16-23(20)6-11-27(12-7-23)17-21-25-10-15-30-21/h1-5,10,15,20H,6-9,11-14,16-18H2,(H,26,28)/t20-/m1/s1. The van der Waals surface area contributed by atoms with Crippen molar-refractivity contribution in [3.8, 4) is 0 Å². The fraction of sp³-hybridized carbons (Fsp3) is 0.583. The van der Waals surface area contributed by atoms with Crippen molar-refractivity contribution >= 4 is 17.2 Å². The Kier molecular flexibility index (Phi) is 5.65. The molecule has 5 nitrogen and oxygen atoms in total. The van der Waals surface area contributed by atoms with Crippen LogP contribution in [-0.4, -0.2) is 48.6 Å². The Balaban J connectivity index is 1.16. The van der Waals surface area contributed by atoms with Gasteiger partial charge in [0, 0.05) is 42.7 Å². The van der Waals surface area contributed by atoms with E-state index in [9.17, 15) is 4.79 Å². The lowest BCUT2D eigenvalue weighted by Gasteiger charge is -2.38. The maximum atomic E-state index is 13.1. The van der Waals surface area contributed by atoms with Gasteiger partial charge in [-0.05, 0) is 56.2 Å². The number of rotatable bonds is 6. The number of amides is 1. The van der Waals surface area contributed by atoms with E-state index in [1.165, 1.54) is 10.6 Å². The minimum atomic E-state index is 0.00823. The highest BCUT2D eigenvalue weighted by molar-refractivity contribution is 7.09. The number of likely N-dealkylation sites (tertiary alicyclic amines) is 1. The summed E-state index contributed by atoms with van der Waals surface area (Å²) < 4.78 is 5.63. The number of aromatic nitrogens is 1. The molecule has 0 bridgehead atoms. The molecule has 3 aliphatic rings. The van der Waals surface area contributed by atoms with Gasteiger partial charge in [-0.25, -0.2) is 4.98 Å². The van der Waals surface area contributed by atoms with Crippen molar-refractivity contribution in [2.24, 2.45) is 11.3 Å². The van der Waals surface area contributed by atoms with Gasteiger partial charge in [-0.15, -0.1) is 11.3 Å². The van der Waals surface area contributed by atoms with Crippen LogP contribution >= 0.6 is 11.3 Å². The molecule has 1 N–H and O–H groups in total. The number of ether oxygens (including phenoxy) is 1. The number of nitrogens with zero attached hydrogens (tertiary/aromatic N) is 2. The molecule has 0 radical (unpaired) electrons. The highest BCUT2D eigenvalue weighted by Gasteiger charge is 2.58. The SMILES string of the molecule is O=C(NCC1(c2ccccc2)CCOCC1)[C@H]1CC12CCN(Cc1nccs1)CC2. The highest BCUT2D eigenvalue weighted by Crippen LogP contribution is 2.59. The molecule has 1 atom stereocenters. The second-order valence-electron chi connectivity index (χ2n) is 9.30. The molecular formula is C24H31N3O2S. The van der Waals surface area contributed by atoms with Gasteiger partial charge in [0.05, 0.1) is 6.54 Å². The molecule has 6 heteroatoms. The van der Waals surface area contributed by atoms with Gasteiger partial charge in [0.15, 0.2) is 0 Å². The topological polar surface area (TPSA) is 54.5 Å². The fourth-order valence-corrected chi connectivity index (χ4v) is 6.11. The van der Waals surface area contributed by atoms with Crippen molar-refractivity contribution in [1.29, 1.82) is 0 Å². The second-order valence-corrected chi connectivity index (χ2v) is 10.3. The second kappa shape index (κ2) is 8.40. The van der Waals surface area contributed by atoms with E-state index in [1.54, 1.807) is 11.3 Å². The van der Waals surface area contributed by atoms with E-state index in [0.29, 0.717) is 0 Å². The molecule has 2 aromatic rings. The zero-order valence-corrected chi connectivity index (χ0v) is 18.3. The van der Waals surface area contributed by atoms with E-state index in [-0.39, 0.29) is 22.7 Å². The third-order valence-electron chi connectivity index (χ3n) is 7.64. The van der Waals surface area contributed by atoms with Crippen LogP contribution in [0, 0.1) is 11.3 Å². The molecule has 2 saturated heterocycles. The molecule has 160 valence electrons. The van der Waals surface area contributed by atoms with Crippen LogP contribution in [0.2, 0.25) is 0 Å². The summed E-state index contributed by atoms with van der Waals surface area (Å²) in [4.78, 5) is 20.0. The van der Waals surface area contributed by atoms with Crippen molar-refractivity contribution in [2.45, 2.75) is 44.1 Å². The van der Waals surface area contributed by atoms with Gasteiger partial charge in [0.2, 0.25) is 5.91 Å². The summed E-state index contributed by atoms with van der Waals surface area (Å²) in [6.07, 6.45) is 7.15. The van der Waals surface area contributed by atoms with Crippen molar-refractivity contribution in [2.75, 3.05) is 32.8 Å². The van der Waals surface area contributed by atoms with Crippen LogP contribution in [0.1, 0.15) is 42.7 Å². The van der Waals surface area contributed by atoms with Crippen LogP contribution in [-0.2, 0) is 21.5 Å².